The van der Waals surface area contributed by atoms with Crippen LogP contribution in [0, 0.1) is 0 Å². The number of nitrogens with one attached hydrogen (secondary N) is 2. The maximum Gasteiger partial charge on any atom is 1.00 e. The molecule has 2 aliphatic heterocycles. The Balaban J connectivity index is 0.00000310. The molecule has 0 saturated carbocycles. The van der Waals surface area contributed by atoms with Crippen LogP contribution in [0.2, 0.25) is 0 Å². The van der Waals surface area contributed by atoms with Crippen molar-refractivity contribution < 1.29 is 157 Å². The first kappa shape index (κ1) is 49.7. The third-order valence-electron chi connectivity index (χ3n) is 8.31. The van der Waals surface area contributed by atoms with E-state index in [-0.39, 0.29) is 133 Å². The first-order valence-electron chi connectivity index (χ1n) is 15.7. The normalized spacial score (nSPS) is 17.2. The minimum atomic E-state index is -2.21. The summed E-state index contributed by atoms with van der Waals surface area (Å²) >= 11 is 1.88. The fourth-order valence-electron chi connectivity index (χ4n) is 5.69. The number of β-lactam (4-membered cyclic amide) rings is 1. The van der Waals surface area contributed by atoms with Gasteiger partial charge in [-0.15, -0.1) is 16.9 Å². The second kappa shape index (κ2) is 20.7. The Kier molecular flexibility index (Phi) is 17.5. The van der Waals surface area contributed by atoms with Crippen molar-refractivity contribution in [1.82, 2.24) is 35.7 Å². The Hall–Kier alpha value is -3.66. The van der Waals surface area contributed by atoms with Crippen molar-refractivity contribution in [2.75, 3.05) is 25.2 Å². The van der Waals surface area contributed by atoms with Crippen molar-refractivity contribution in [3.63, 3.8) is 0 Å². The van der Waals surface area contributed by atoms with E-state index in [0.717, 1.165) is 58.6 Å². The average molecular weight is 880 g/mol. The minimum Gasteiger partial charge on any atom is -0.548 e. The van der Waals surface area contributed by atoms with Gasteiger partial charge in [0.05, 0.1) is 35.5 Å². The Morgan fingerprint density at radius 3 is 2.36 bits per heavy atom. The molecule has 0 radical (unpaired) electrons. The van der Waals surface area contributed by atoms with Gasteiger partial charge in [0.1, 0.15) is 41.2 Å². The van der Waals surface area contributed by atoms with Gasteiger partial charge < -0.3 is 64.4 Å². The van der Waals surface area contributed by atoms with E-state index in [9.17, 15) is 59.1 Å². The van der Waals surface area contributed by atoms with Gasteiger partial charge in [0.2, 0.25) is 16.5 Å². The molecule has 1 saturated heterocycles. The number of hydrogen-bond acceptors (Lipinski definition) is 20. The van der Waals surface area contributed by atoms with Crippen LogP contribution in [0.4, 0.5) is 0 Å². The number of thioether (sulfide) groups is 2. The molecular weight excluding hydrogens is 855 g/mol. The number of ether oxygens (including phenoxy) is 2. The number of methoxy groups -OCH3 is 1. The number of aromatic nitrogens is 4. The summed E-state index contributed by atoms with van der Waals surface area (Å²) in [5, 5.41) is 68.0. The van der Waals surface area contributed by atoms with Crippen molar-refractivity contribution in [2.45, 2.75) is 28.8 Å². The van der Waals surface area contributed by atoms with E-state index in [0.29, 0.717) is 0 Å². The van der Waals surface area contributed by atoms with Crippen LogP contribution < -0.4 is 125 Å². The number of aromatic hydroxyl groups is 2. The number of phenols is 2. The van der Waals surface area contributed by atoms with Gasteiger partial charge in [0, 0.05) is 24.7 Å². The van der Waals surface area contributed by atoms with Crippen molar-refractivity contribution in [2.24, 2.45) is 0 Å². The fourth-order valence-corrected chi connectivity index (χ4v) is 8.14. The summed E-state index contributed by atoms with van der Waals surface area (Å²) in [4.78, 5) is 89.9. The average Bonchev–Trinajstić information content (AvgIpc) is 3.60. The van der Waals surface area contributed by atoms with Gasteiger partial charge in [-0.3, -0.25) is 24.1 Å². The van der Waals surface area contributed by atoms with Gasteiger partial charge in [-0.25, -0.2) is 4.68 Å². The van der Waals surface area contributed by atoms with E-state index < -0.39 is 94.1 Å². The molecule has 0 spiro atoms. The van der Waals surface area contributed by atoms with E-state index in [1.807, 2.05) is 0 Å². The van der Waals surface area contributed by atoms with Crippen molar-refractivity contribution in [3.8, 4) is 17.2 Å². The smallest absolute Gasteiger partial charge is 0.548 e. The number of aliphatic carboxylic acids is 3. The maximum absolute atomic E-state index is 14.1. The predicted molar refractivity (Wildman–Crippen MR) is 180 cm³/mol. The van der Waals surface area contributed by atoms with Crippen LogP contribution >= 0.6 is 23.5 Å². The SMILES string of the molecule is CO[C@@]1(NC(=O)C(NC(=O)c2coc3cc(O)c(O)cc3c2=O)c2ccc(OCC(=O)[O-])cc2)C(=O)N2C(C(=O)[O-])=C(CSc3nnnn3CC(=O)[O-])CS[C@H]21.[Na+].[Na+].[Na+]. The van der Waals surface area contributed by atoms with E-state index >= 15 is 0 Å². The second-order valence-electron chi connectivity index (χ2n) is 11.7. The fraction of sp³-hybridized carbons (Fsp3) is 0.250. The molecule has 4 aromatic rings. The third-order valence-corrected chi connectivity index (χ3v) is 10.7. The van der Waals surface area contributed by atoms with Crippen molar-refractivity contribution in [3.05, 3.63) is 75.3 Å². The van der Waals surface area contributed by atoms with Gasteiger partial charge in [0.25, 0.3) is 17.5 Å². The summed E-state index contributed by atoms with van der Waals surface area (Å²) < 4.78 is 16.8. The van der Waals surface area contributed by atoms with Crippen molar-refractivity contribution in [1.29, 1.82) is 0 Å². The van der Waals surface area contributed by atoms with Crippen LogP contribution in [0.3, 0.4) is 0 Å². The summed E-state index contributed by atoms with van der Waals surface area (Å²) in [6.07, 6.45) is 0.762. The molecule has 0 aliphatic carbocycles. The standard InChI is InChI=1S/C32H27N7O15S2.3Na/c1-52-32(29(51)39-24(28(49)50)14(11-55-30(32)39)12-56-31-35-36-37-38(31)8-21(42)43)34-27(48)23(13-2-4-15(5-3-13)53-10-22(44)45)33-26(47)17-9-54-20-7-19(41)18(40)6-16(20)25(17)46;;;/h2-7,9,23,30,40-41H,8,10-12H2,1H3,(H,33,47)(H,34,48)(H,42,43)(H,44,45)(H,49,50);;;/q;3*+1/p-3/t23?,30-,32-;;;/m0.../s1. The third kappa shape index (κ3) is 10.3. The number of nitrogens with zero attached hydrogens (tertiary/aromatic N) is 5. The molecule has 2 aliphatic rings. The zero-order valence-corrected chi connectivity index (χ0v) is 38.9. The minimum absolute atomic E-state index is 0. The molecule has 22 nitrogen and oxygen atoms in total. The zero-order chi connectivity index (χ0) is 40.5. The van der Waals surface area contributed by atoms with Crippen LogP contribution in [-0.4, -0.2) is 107 Å². The molecule has 3 amide bonds. The second-order valence-corrected chi connectivity index (χ2v) is 13.7. The number of amides is 3. The summed E-state index contributed by atoms with van der Waals surface area (Å²) in [7, 11) is 1.07. The number of rotatable bonds is 15. The van der Waals surface area contributed by atoms with Crippen LogP contribution in [0.25, 0.3) is 11.0 Å². The van der Waals surface area contributed by atoms with Gasteiger partial charge in [-0.2, -0.15) is 0 Å². The Morgan fingerprint density at radius 2 is 1.73 bits per heavy atom. The molecule has 6 rings (SSSR count). The molecule has 27 heteroatoms. The summed E-state index contributed by atoms with van der Waals surface area (Å²) in [6, 6.07) is 5.17. The number of carbonyl (C=O) groups excluding carboxylic acids is 6. The number of phenolic OH excluding ortho intramolecular Hbond substituents is 2. The van der Waals surface area contributed by atoms with Crippen LogP contribution in [0.1, 0.15) is 22.0 Å². The van der Waals surface area contributed by atoms with Gasteiger partial charge >= 0.3 is 88.7 Å². The molecule has 59 heavy (non-hydrogen) atoms. The van der Waals surface area contributed by atoms with Crippen LogP contribution in [0.15, 0.2) is 68.3 Å². The number of tetrazole rings is 1. The quantitative estimate of drug-likeness (QED) is 0.0283. The van der Waals surface area contributed by atoms with E-state index in [4.69, 9.17) is 13.9 Å². The number of benzene rings is 2. The maximum atomic E-state index is 14.1. The van der Waals surface area contributed by atoms with Crippen LogP contribution in [-0.2, 0) is 35.3 Å². The Morgan fingerprint density at radius 1 is 1.05 bits per heavy atom. The molecule has 3 atom stereocenters. The van der Waals surface area contributed by atoms with E-state index in [1.165, 1.54) is 24.3 Å². The summed E-state index contributed by atoms with van der Waals surface area (Å²) in [5.74, 6) is -9.44. The number of carbonyl (C=O) groups is 6. The number of carboxylic acids is 3. The van der Waals surface area contributed by atoms with E-state index in [1.54, 1.807) is 0 Å². The van der Waals surface area contributed by atoms with Crippen LogP contribution in [0.5, 0.6) is 17.2 Å². The van der Waals surface area contributed by atoms with Crippen molar-refractivity contribution >= 4 is 70.1 Å². The van der Waals surface area contributed by atoms with Gasteiger partial charge in [0.15, 0.2) is 11.5 Å². The predicted octanol–water partition coefficient (Wildman–Crippen LogP) is -13.3. The van der Waals surface area contributed by atoms with Gasteiger partial charge in [-0.1, -0.05) is 23.9 Å². The first-order valence-corrected chi connectivity index (χ1v) is 17.7. The summed E-state index contributed by atoms with van der Waals surface area (Å²) in [5.41, 5.74) is -4.31. The number of carboxylic acid groups (broad SMARTS) is 3. The molecule has 1 unspecified atom stereocenters. The molecule has 292 valence electrons. The molecule has 2 aromatic heterocycles. The molecule has 2 aromatic carbocycles. The largest absolute Gasteiger partial charge is 1.00 e. The Labute approximate surface area is 405 Å². The molecule has 0 bridgehead atoms. The zero-order valence-electron chi connectivity index (χ0n) is 31.3. The number of hydrogen-bond donors (Lipinski definition) is 4. The first-order chi connectivity index (χ1) is 26.6. The monoisotopic (exact) mass is 879 g/mol. The molecular formula is C32H24N7Na3O15S2. The molecule has 4 N–H and O–H groups in total. The summed E-state index contributed by atoms with van der Waals surface area (Å²) in [6.45, 7) is -1.48. The molecule has 4 heterocycles. The topological polar surface area (TPSA) is 332 Å². The molecule has 1 fully saturated rings. The number of fused-ring (bicyclic) bond motifs is 2. The van der Waals surface area contributed by atoms with E-state index in [2.05, 4.69) is 26.2 Å². The van der Waals surface area contributed by atoms with Gasteiger partial charge in [-0.05, 0) is 39.8 Å². The Bertz CT molecular complexity index is 2400.